The van der Waals surface area contributed by atoms with Crippen LogP contribution in [0.1, 0.15) is 41.4 Å². The lowest BCUT2D eigenvalue weighted by Gasteiger charge is -2.24. The predicted molar refractivity (Wildman–Crippen MR) is 81.6 cm³/mol. The number of alkyl halides is 3. The summed E-state index contributed by atoms with van der Waals surface area (Å²) in [4.78, 5) is 23.0. The second kappa shape index (κ2) is 6.86. The molecule has 128 valence electrons. The largest absolute Gasteiger partial charge is 0.416 e. The van der Waals surface area contributed by atoms with Gasteiger partial charge in [-0.15, -0.1) is 0 Å². The van der Waals surface area contributed by atoms with Crippen molar-refractivity contribution >= 4 is 5.91 Å². The molecule has 0 fully saturated rings. The molecule has 2 atom stereocenters. The van der Waals surface area contributed by atoms with E-state index in [0.717, 1.165) is 12.1 Å². The Morgan fingerprint density at radius 3 is 2.42 bits per heavy atom. The molecule has 0 saturated carbocycles. The van der Waals surface area contributed by atoms with Gasteiger partial charge >= 0.3 is 6.18 Å². The summed E-state index contributed by atoms with van der Waals surface area (Å²) in [6.07, 6.45) is -4.46. The third-order valence-corrected chi connectivity index (χ3v) is 3.78. The highest BCUT2D eigenvalue weighted by molar-refractivity contribution is 5.92. The van der Waals surface area contributed by atoms with E-state index in [9.17, 15) is 22.8 Å². The first-order valence-corrected chi connectivity index (χ1v) is 7.23. The fourth-order valence-electron chi connectivity index (χ4n) is 2.30. The van der Waals surface area contributed by atoms with Crippen molar-refractivity contribution in [3.05, 3.63) is 63.6 Å². The van der Waals surface area contributed by atoms with E-state index in [-0.39, 0.29) is 11.3 Å². The molecule has 2 aromatic rings. The molecule has 1 aromatic heterocycles. The van der Waals surface area contributed by atoms with Crippen molar-refractivity contribution in [3.8, 4) is 0 Å². The summed E-state index contributed by atoms with van der Waals surface area (Å²) in [5, 5.41) is 8.32. The summed E-state index contributed by atoms with van der Waals surface area (Å²) in [5.41, 5.74) is -1.09. The number of hydrogen-bond donors (Lipinski definition) is 2. The SMILES string of the molecule is C[C@H](NC(=O)c1ccc(=O)[nH]n1)[C@H](C)c1ccccc1C(F)(F)F. The Kier molecular flexibility index (Phi) is 5.06. The fourth-order valence-corrected chi connectivity index (χ4v) is 2.30. The molecule has 1 heterocycles. The minimum atomic E-state index is -4.46. The molecule has 0 bridgehead atoms. The Morgan fingerprint density at radius 2 is 1.83 bits per heavy atom. The number of carbonyl (C=O) groups excluding carboxylic acids is 1. The van der Waals surface area contributed by atoms with Crippen LogP contribution >= 0.6 is 0 Å². The highest BCUT2D eigenvalue weighted by atomic mass is 19.4. The van der Waals surface area contributed by atoms with Crippen LogP contribution < -0.4 is 10.9 Å². The first-order valence-electron chi connectivity index (χ1n) is 7.23. The number of hydrogen-bond acceptors (Lipinski definition) is 3. The van der Waals surface area contributed by atoms with Crippen LogP contribution in [0, 0.1) is 0 Å². The lowest BCUT2D eigenvalue weighted by molar-refractivity contribution is -0.138. The molecule has 1 aromatic carbocycles. The van der Waals surface area contributed by atoms with Crippen molar-refractivity contribution in [3.63, 3.8) is 0 Å². The molecular formula is C16H16F3N3O2. The fraction of sp³-hybridized carbons (Fsp3) is 0.312. The van der Waals surface area contributed by atoms with E-state index in [4.69, 9.17) is 0 Å². The Labute approximate surface area is 135 Å². The number of benzene rings is 1. The normalized spacial score (nSPS) is 14.0. The standard InChI is InChI=1S/C16H16F3N3O2/c1-9(11-5-3-4-6-12(11)16(17,18)19)10(2)20-15(24)13-7-8-14(23)22-21-13/h3-10H,1-2H3,(H,20,24)(H,22,23)/t9-,10-/m0/s1. The van der Waals surface area contributed by atoms with Crippen LogP contribution in [0.25, 0.3) is 0 Å². The first kappa shape index (κ1) is 17.7. The average Bonchev–Trinajstić information content (AvgIpc) is 2.53. The summed E-state index contributed by atoms with van der Waals surface area (Å²) in [7, 11) is 0. The van der Waals surface area contributed by atoms with Crippen LogP contribution in [0.5, 0.6) is 0 Å². The van der Waals surface area contributed by atoms with Gasteiger partial charge in [-0.3, -0.25) is 9.59 Å². The maximum absolute atomic E-state index is 13.1. The van der Waals surface area contributed by atoms with E-state index in [0.29, 0.717) is 0 Å². The van der Waals surface area contributed by atoms with Crippen LogP contribution in [0.2, 0.25) is 0 Å². The number of H-pyrrole nitrogens is 1. The molecule has 0 spiro atoms. The minimum absolute atomic E-state index is 0.0160. The van der Waals surface area contributed by atoms with Crippen LogP contribution in [0.3, 0.4) is 0 Å². The maximum Gasteiger partial charge on any atom is 0.416 e. The number of halogens is 3. The van der Waals surface area contributed by atoms with Gasteiger partial charge in [0.15, 0.2) is 0 Å². The van der Waals surface area contributed by atoms with Gasteiger partial charge in [-0.2, -0.15) is 18.3 Å². The predicted octanol–water partition coefficient (Wildman–Crippen LogP) is 2.71. The van der Waals surface area contributed by atoms with Crippen molar-refractivity contribution in [2.45, 2.75) is 32.0 Å². The first-order chi connectivity index (χ1) is 11.2. The van der Waals surface area contributed by atoms with Crippen molar-refractivity contribution in [2.24, 2.45) is 0 Å². The second-order valence-corrected chi connectivity index (χ2v) is 5.44. The summed E-state index contributed by atoms with van der Waals surface area (Å²) in [5.74, 6) is -1.15. The Morgan fingerprint density at radius 1 is 1.17 bits per heavy atom. The van der Waals surface area contributed by atoms with Gasteiger partial charge in [-0.05, 0) is 24.6 Å². The number of carbonyl (C=O) groups is 1. The van der Waals surface area contributed by atoms with Crippen LogP contribution in [0.15, 0.2) is 41.2 Å². The van der Waals surface area contributed by atoms with E-state index in [2.05, 4.69) is 15.5 Å². The van der Waals surface area contributed by atoms with Gasteiger partial charge < -0.3 is 5.32 Å². The summed E-state index contributed by atoms with van der Waals surface area (Å²) in [6.45, 7) is 3.22. The molecular weight excluding hydrogens is 323 g/mol. The quantitative estimate of drug-likeness (QED) is 0.899. The Bertz CT molecular complexity index is 766. The van der Waals surface area contributed by atoms with E-state index in [1.54, 1.807) is 13.8 Å². The molecule has 0 aliphatic heterocycles. The lowest BCUT2D eigenvalue weighted by Crippen LogP contribution is -2.37. The molecule has 8 heteroatoms. The zero-order chi connectivity index (χ0) is 17.9. The van der Waals surface area contributed by atoms with Crippen LogP contribution in [0.4, 0.5) is 13.2 Å². The van der Waals surface area contributed by atoms with Crippen molar-refractivity contribution in [1.82, 2.24) is 15.5 Å². The van der Waals surface area contributed by atoms with Gasteiger partial charge in [0.05, 0.1) is 5.56 Å². The van der Waals surface area contributed by atoms with Gasteiger partial charge in [0.1, 0.15) is 5.69 Å². The van der Waals surface area contributed by atoms with Crippen molar-refractivity contribution < 1.29 is 18.0 Å². The highest BCUT2D eigenvalue weighted by Gasteiger charge is 2.35. The molecule has 2 N–H and O–H groups in total. The molecule has 0 unspecified atom stereocenters. The third-order valence-electron chi connectivity index (χ3n) is 3.78. The summed E-state index contributed by atoms with van der Waals surface area (Å²) in [6, 6.07) is 7.09. The van der Waals surface area contributed by atoms with Gasteiger partial charge in [-0.1, -0.05) is 25.1 Å². The molecule has 0 aliphatic rings. The lowest BCUT2D eigenvalue weighted by atomic mass is 9.90. The molecule has 0 aliphatic carbocycles. The van der Waals surface area contributed by atoms with Crippen LogP contribution in [-0.4, -0.2) is 22.1 Å². The number of nitrogens with one attached hydrogen (secondary N) is 2. The minimum Gasteiger partial charge on any atom is -0.348 e. The zero-order valence-corrected chi connectivity index (χ0v) is 13.0. The van der Waals surface area contributed by atoms with E-state index < -0.39 is 35.2 Å². The maximum atomic E-state index is 13.1. The van der Waals surface area contributed by atoms with E-state index in [1.165, 1.54) is 24.3 Å². The van der Waals surface area contributed by atoms with Crippen molar-refractivity contribution in [2.75, 3.05) is 0 Å². The molecule has 0 saturated heterocycles. The molecule has 24 heavy (non-hydrogen) atoms. The summed E-state index contributed by atoms with van der Waals surface area (Å²) >= 11 is 0. The molecule has 1 amide bonds. The number of nitrogens with zero attached hydrogens (tertiary/aromatic N) is 1. The number of aromatic nitrogens is 2. The Balaban J connectivity index is 2.18. The van der Waals surface area contributed by atoms with Gasteiger partial charge in [0.25, 0.3) is 11.5 Å². The van der Waals surface area contributed by atoms with Gasteiger partial charge in [0.2, 0.25) is 0 Å². The monoisotopic (exact) mass is 339 g/mol. The topological polar surface area (TPSA) is 74.8 Å². The second-order valence-electron chi connectivity index (χ2n) is 5.44. The van der Waals surface area contributed by atoms with E-state index >= 15 is 0 Å². The molecule has 2 rings (SSSR count). The number of rotatable bonds is 4. The highest BCUT2D eigenvalue weighted by Crippen LogP contribution is 2.35. The smallest absolute Gasteiger partial charge is 0.348 e. The van der Waals surface area contributed by atoms with Gasteiger partial charge in [-0.25, -0.2) is 5.10 Å². The number of aromatic amines is 1. The summed E-state index contributed by atoms with van der Waals surface area (Å²) < 4.78 is 39.3. The average molecular weight is 339 g/mol. The van der Waals surface area contributed by atoms with Crippen LogP contribution in [-0.2, 0) is 6.18 Å². The zero-order valence-electron chi connectivity index (χ0n) is 13.0. The third kappa shape index (κ3) is 4.01. The molecule has 5 nitrogen and oxygen atoms in total. The van der Waals surface area contributed by atoms with E-state index in [1.807, 2.05) is 0 Å². The van der Waals surface area contributed by atoms with Crippen molar-refractivity contribution in [1.29, 1.82) is 0 Å². The molecule has 0 radical (unpaired) electrons. The number of amides is 1. The van der Waals surface area contributed by atoms with Gasteiger partial charge in [0, 0.05) is 18.0 Å². The Hall–Kier alpha value is -2.64.